The van der Waals surface area contributed by atoms with Crippen LogP contribution in [0.15, 0.2) is 0 Å². The molecule has 0 aliphatic rings. The average Bonchev–Trinajstić information content (AvgIpc) is 2.76. The van der Waals surface area contributed by atoms with E-state index in [9.17, 15) is 9.59 Å². The van der Waals surface area contributed by atoms with Gasteiger partial charge in [-0.05, 0) is 12.2 Å². The van der Waals surface area contributed by atoms with Crippen LogP contribution in [0.25, 0.3) is 0 Å². The quantitative estimate of drug-likeness (QED) is 0.593. The van der Waals surface area contributed by atoms with Gasteiger partial charge in [0.2, 0.25) is 5.82 Å². The summed E-state index contributed by atoms with van der Waals surface area (Å²) in [6.45, 7) is 5.78. The first kappa shape index (κ1) is 15.5. The molecule has 0 fully saturated rings. The zero-order chi connectivity index (χ0) is 14.6. The largest absolute Gasteiger partial charge is 0.480 e. The van der Waals surface area contributed by atoms with Gasteiger partial charge >= 0.3 is 5.97 Å². The molecule has 7 nitrogen and oxygen atoms in total. The minimum Gasteiger partial charge on any atom is -0.480 e. The smallest absolute Gasteiger partial charge is 0.326 e. The summed E-state index contributed by atoms with van der Waals surface area (Å²) in [4.78, 5) is 26.8. The van der Waals surface area contributed by atoms with E-state index in [0.29, 0.717) is 11.6 Å². The molecule has 1 unspecified atom stereocenters. The molecule has 106 valence electrons. The first-order valence-corrected chi connectivity index (χ1v) is 6.46. The highest BCUT2D eigenvalue weighted by Gasteiger charge is 2.24. The summed E-state index contributed by atoms with van der Waals surface area (Å²) in [6, 6.07) is -0.985. The van der Waals surface area contributed by atoms with Crippen molar-refractivity contribution in [3.8, 4) is 0 Å². The van der Waals surface area contributed by atoms with Crippen LogP contribution in [-0.2, 0) is 10.2 Å². The highest BCUT2D eigenvalue weighted by atomic mass is 32.1. The SMILES string of the molecule is CC(C)(C)c1nc(C(=O)NC(CCS)C(=O)O)n[nH]1. The van der Waals surface area contributed by atoms with Crippen LogP contribution in [0.3, 0.4) is 0 Å². The zero-order valence-electron chi connectivity index (χ0n) is 11.1. The molecular weight excluding hydrogens is 268 g/mol. The second kappa shape index (κ2) is 6.05. The van der Waals surface area contributed by atoms with Crippen LogP contribution in [0.5, 0.6) is 0 Å². The maximum atomic E-state index is 11.8. The van der Waals surface area contributed by atoms with Crippen LogP contribution in [0, 0.1) is 0 Å². The second-order valence-corrected chi connectivity index (χ2v) is 5.58. The van der Waals surface area contributed by atoms with E-state index in [-0.39, 0.29) is 17.7 Å². The number of carboxylic acid groups (broad SMARTS) is 1. The zero-order valence-corrected chi connectivity index (χ0v) is 12.0. The van der Waals surface area contributed by atoms with Crippen LogP contribution >= 0.6 is 12.6 Å². The van der Waals surface area contributed by atoms with Gasteiger partial charge < -0.3 is 10.4 Å². The van der Waals surface area contributed by atoms with Crippen molar-refractivity contribution in [2.45, 2.75) is 38.6 Å². The van der Waals surface area contributed by atoms with Crippen molar-refractivity contribution < 1.29 is 14.7 Å². The van der Waals surface area contributed by atoms with Gasteiger partial charge in [-0.15, -0.1) is 5.10 Å². The monoisotopic (exact) mass is 286 g/mol. The fraction of sp³-hybridized carbons (Fsp3) is 0.636. The van der Waals surface area contributed by atoms with E-state index in [4.69, 9.17) is 5.11 Å². The molecule has 8 heteroatoms. The number of hydrogen-bond donors (Lipinski definition) is 4. The lowest BCUT2D eigenvalue weighted by molar-refractivity contribution is -0.139. The number of nitrogens with one attached hydrogen (secondary N) is 2. The predicted octanol–water partition coefficient (Wildman–Crippen LogP) is 0.605. The van der Waals surface area contributed by atoms with Gasteiger partial charge in [0.15, 0.2) is 0 Å². The highest BCUT2D eigenvalue weighted by molar-refractivity contribution is 7.80. The van der Waals surface area contributed by atoms with Crippen molar-refractivity contribution in [2.75, 3.05) is 5.75 Å². The Hall–Kier alpha value is -1.57. The Morgan fingerprint density at radius 3 is 2.53 bits per heavy atom. The second-order valence-electron chi connectivity index (χ2n) is 5.13. The van der Waals surface area contributed by atoms with Crippen molar-refractivity contribution in [1.82, 2.24) is 20.5 Å². The molecule has 0 bridgehead atoms. The van der Waals surface area contributed by atoms with Gasteiger partial charge in [0.25, 0.3) is 5.91 Å². The van der Waals surface area contributed by atoms with Crippen molar-refractivity contribution in [2.24, 2.45) is 0 Å². The lowest BCUT2D eigenvalue weighted by atomic mass is 9.96. The minimum atomic E-state index is -1.10. The Balaban J connectivity index is 2.78. The van der Waals surface area contributed by atoms with Gasteiger partial charge in [-0.3, -0.25) is 9.89 Å². The number of rotatable bonds is 5. The molecule has 1 rings (SSSR count). The van der Waals surface area contributed by atoms with E-state index in [0.717, 1.165) is 0 Å². The normalized spacial score (nSPS) is 13.1. The first-order valence-electron chi connectivity index (χ1n) is 5.83. The summed E-state index contributed by atoms with van der Waals surface area (Å²) in [6.07, 6.45) is 0.237. The minimum absolute atomic E-state index is 0.0599. The summed E-state index contributed by atoms with van der Waals surface area (Å²) in [5.74, 6) is -0.845. The van der Waals surface area contributed by atoms with Crippen molar-refractivity contribution in [3.63, 3.8) is 0 Å². The number of nitrogens with zero attached hydrogens (tertiary/aromatic N) is 2. The van der Waals surface area contributed by atoms with Gasteiger partial charge in [-0.2, -0.15) is 12.6 Å². The summed E-state index contributed by atoms with van der Waals surface area (Å²) >= 11 is 3.95. The Morgan fingerprint density at radius 1 is 1.47 bits per heavy atom. The molecule has 1 atom stereocenters. The van der Waals surface area contributed by atoms with Crippen molar-refractivity contribution in [1.29, 1.82) is 0 Å². The molecule has 1 amide bonds. The number of aliphatic carboxylic acids is 1. The van der Waals surface area contributed by atoms with Gasteiger partial charge in [0.1, 0.15) is 11.9 Å². The Kier molecular flexibility index (Phi) is 4.93. The Morgan fingerprint density at radius 2 is 2.11 bits per heavy atom. The van der Waals surface area contributed by atoms with Crippen LogP contribution in [-0.4, -0.2) is 44.0 Å². The standard InChI is InChI=1S/C11H18N4O3S/c1-11(2,3)10-13-7(14-15-10)8(16)12-6(4-5-19)9(17)18/h6,19H,4-5H2,1-3H3,(H,12,16)(H,17,18)(H,13,14,15). The topological polar surface area (TPSA) is 108 Å². The molecule has 3 N–H and O–H groups in total. The third kappa shape index (κ3) is 4.23. The van der Waals surface area contributed by atoms with Crippen molar-refractivity contribution >= 4 is 24.5 Å². The van der Waals surface area contributed by atoms with Crippen LogP contribution in [0.4, 0.5) is 0 Å². The number of aromatic amines is 1. The molecule has 0 saturated carbocycles. The Bertz CT molecular complexity index is 467. The highest BCUT2D eigenvalue weighted by Crippen LogP contribution is 2.17. The van der Waals surface area contributed by atoms with E-state index < -0.39 is 17.9 Å². The molecule has 1 aromatic rings. The van der Waals surface area contributed by atoms with Gasteiger partial charge in [0.05, 0.1) is 0 Å². The summed E-state index contributed by atoms with van der Waals surface area (Å²) in [5.41, 5.74) is -0.261. The molecule has 0 saturated heterocycles. The fourth-order valence-electron chi connectivity index (χ4n) is 1.31. The van der Waals surface area contributed by atoms with Gasteiger partial charge in [-0.25, -0.2) is 9.78 Å². The third-order valence-electron chi connectivity index (χ3n) is 2.42. The molecule has 0 aliphatic heterocycles. The molecule has 1 heterocycles. The van der Waals surface area contributed by atoms with Crippen LogP contribution in [0.2, 0.25) is 0 Å². The lowest BCUT2D eigenvalue weighted by Gasteiger charge is -2.13. The molecule has 0 aliphatic carbocycles. The Labute approximate surface area is 116 Å². The number of H-pyrrole nitrogens is 1. The number of carbonyl (C=O) groups excluding carboxylic acids is 1. The fourth-order valence-corrected chi connectivity index (χ4v) is 1.57. The maximum Gasteiger partial charge on any atom is 0.326 e. The number of carbonyl (C=O) groups is 2. The third-order valence-corrected chi connectivity index (χ3v) is 2.68. The molecule has 1 aromatic heterocycles. The predicted molar refractivity (Wildman–Crippen MR) is 72.4 cm³/mol. The van der Waals surface area contributed by atoms with Crippen LogP contribution < -0.4 is 5.32 Å². The summed E-state index contributed by atoms with van der Waals surface area (Å²) in [7, 11) is 0. The maximum absolute atomic E-state index is 11.8. The van der Waals surface area contributed by atoms with E-state index in [1.807, 2.05) is 20.8 Å². The number of carboxylic acids is 1. The van der Waals surface area contributed by atoms with E-state index >= 15 is 0 Å². The lowest BCUT2D eigenvalue weighted by Crippen LogP contribution is -2.41. The molecule has 19 heavy (non-hydrogen) atoms. The molecule has 0 radical (unpaired) electrons. The number of thiol groups is 1. The molecule has 0 spiro atoms. The van der Waals surface area contributed by atoms with Crippen molar-refractivity contribution in [3.05, 3.63) is 11.6 Å². The summed E-state index contributed by atoms with van der Waals surface area (Å²) < 4.78 is 0. The average molecular weight is 286 g/mol. The summed E-state index contributed by atoms with van der Waals surface area (Å²) in [5, 5.41) is 17.8. The van der Waals surface area contributed by atoms with Crippen LogP contribution in [0.1, 0.15) is 43.6 Å². The van der Waals surface area contributed by atoms with Gasteiger partial charge in [0, 0.05) is 5.41 Å². The number of amides is 1. The molecular formula is C11H18N4O3S. The van der Waals surface area contributed by atoms with E-state index in [1.165, 1.54) is 0 Å². The first-order chi connectivity index (χ1) is 8.75. The van der Waals surface area contributed by atoms with E-state index in [2.05, 4.69) is 33.1 Å². The number of aromatic nitrogens is 3. The van der Waals surface area contributed by atoms with Gasteiger partial charge in [-0.1, -0.05) is 20.8 Å². The number of hydrogen-bond acceptors (Lipinski definition) is 5. The van der Waals surface area contributed by atoms with E-state index in [1.54, 1.807) is 0 Å². The molecule has 0 aromatic carbocycles.